The van der Waals surface area contributed by atoms with Crippen LogP contribution in [0.4, 0.5) is 8.78 Å². The number of benzene rings is 1. The minimum absolute atomic E-state index is 0.0873. The number of halogens is 2. The lowest BCUT2D eigenvalue weighted by molar-refractivity contribution is 0.0786. The van der Waals surface area contributed by atoms with E-state index >= 15 is 0 Å². The van der Waals surface area contributed by atoms with Gasteiger partial charge in [-0.25, -0.2) is 13.5 Å². The predicted octanol–water partition coefficient (Wildman–Crippen LogP) is 2.52. The first kappa shape index (κ1) is 14.3. The van der Waals surface area contributed by atoms with Crippen LogP contribution in [0.2, 0.25) is 0 Å². The summed E-state index contributed by atoms with van der Waals surface area (Å²) in [6.45, 7) is 1.08. The van der Waals surface area contributed by atoms with Gasteiger partial charge in [0.2, 0.25) is 0 Å². The Hall–Kier alpha value is -2.31. The first-order valence-electron chi connectivity index (χ1n) is 7.78. The van der Waals surface area contributed by atoms with Crippen LogP contribution in [0, 0.1) is 11.6 Å². The maximum absolute atomic E-state index is 13.3. The first-order chi connectivity index (χ1) is 11.1. The molecule has 2 heterocycles. The summed E-state index contributed by atoms with van der Waals surface area (Å²) in [5.74, 6) is -1.69. The summed E-state index contributed by atoms with van der Waals surface area (Å²) in [7, 11) is 0. The second-order valence-corrected chi connectivity index (χ2v) is 6.22. The molecule has 0 bridgehead atoms. The summed E-state index contributed by atoms with van der Waals surface area (Å²) in [6, 6.07) is 3.33. The van der Waals surface area contributed by atoms with Crippen LogP contribution in [0.1, 0.15) is 47.3 Å². The number of amides is 1. The average Bonchev–Trinajstić information content (AvgIpc) is 3.09. The molecule has 0 N–H and O–H groups in total. The third-order valence-corrected chi connectivity index (χ3v) is 4.51. The molecule has 1 aromatic carbocycles. The van der Waals surface area contributed by atoms with Gasteiger partial charge in [-0.05, 0) is 37.5 Å². The number of nitrogens with zero attached hydrogens (tertiary/aromatic N) is 4. The molecule has 2 aromatic rings. The monoisotopic (exact) mass is 318 g/mol. The number of likely N-dealkylation sites (tertiary alicyclic amines) is 1. The molecule has 120 valence electrons. The van der Waals surface area contributed by atoms with E-state index in [0.717, 1.165) is 24.2 Å². The SMILES string of the molecule is O=C(c1ccc(F)c(F)c1)N1CCC(n2cc(C3CC3)nn2)C1. The van der Waals surface area contributed by atoms with Gasteiger partial charge in [0.15, 0.2) is 11.6 Å². The molecule has 1 saturated heterocycles. The van der Waals surface area contributed by atoms with Crippen LogP contribution in [0.5, 0.6) is 0 Å². The minimum Gasteiger partial charge on any atom is -0.336 e. The highest BCUT2D eigenvalue weighted by Crippen LogP contribution is 2.39. The number of rotatable bonds is 3. The fourth-order valence-electron chi connectivity index (χ4n) is 2.99. The number of carbonyl (C=O) groups excluding carboxylic acids is 1. The summed E-state index contributed by atoms with van der Waals surface area (Å²) in [4.78, 5) is 14.1. The van der Waals surface area contributed by atoms with Gasteiger partial charge in [-0.2, -0.15) is 0 Å². The molecule has 1 aliphatic heterocycles. The second-order valence-electron chi connectivity index (χ2n) is 6.22. The molecule has 1 amide bonds. The number of hydrogen-bond donors (Lipinski definition) is 0. The minimum atomic E-state index is -1.00. The maximum atomic E-state index is 13.3. The molecule has 4 rings (SSSR count). The van der Waals surface area contributed by atoms with Gasteiger partial charge in [-0.15, -0.1) is 5.10 Å². The quantitative estimate of drug-likeness (QED) is 0.874. The summed E-state index contributed by atoms with van der Waals surface area (Å²) in [5, 5.41) is 8.36. The van der Waals surface area contributed by atoms with Gasteiger partial charge in [0, 0.05) is 30.8 Å². The van der Waals surface area contributed by atoms with Crippen molar-refractivity contribution in [2.45, 2.75) is 31.2 Å². The van der Waals surface area contributed by atoms with Crippen molar-refractivity contribution in [2.24, 2.45) is 0 Å². The third kappa shape index (κ3) is 2.71. The zero-order valence-corrected chi connectivity index (χ0v) is 12.5. The van der Waals surface area contributed by atoms with Crippen LogP contribution >= 0.6 is 0 Å². The molecular formula is C16H16F2N4O. The summed E-state index contributed by atoms with van der Waals surface area (Å²) >= 11 is 0. The highest BCUT2D eigenvalue weighted by molar-refractivity contribution is 5.94. The molecule has 2 aliphatic rings. The van der Waals surface area contributed by atoms with E-state index in [1.165, 1.54) is 18.9 Å². The third-order valence-electron chi connectivity index (χ3n) is 4.51. The van der Waals surface area contributed by atoms with Crippen molar-refractivity contribution in [1.82, 2.24) is 19.9 Å². The van der Waals surface area contributed by atoms with Gasteiger partial charge in [0.25, 0.3) is 5.91 Å². The average molecular weight is 318 g/mol. The van der Waals surface area contributed by atoms with Gasteiger partial charge in [-0.1, -0.05) is 5.21 Å². The summed E-state index contributed by atoms with van der Waals surface area (Å²) in [6.07, 6.45) is 5.09. The van der Waals surface area contributed by atoms with Crippen LogP contribution in [0.15, 0.2) is 24.4 Å². The number of hydrogen-bond acceptors (Lipinski definition) is 3. The van der Waals surface area contributed by atoms with Crippen molar-refractivity contribution in [3.63, 3.8) is 0 Å². The fourth-order valence-corrected chi connectivity index (χ4v) is 2.99. The van der Waals surface area contributed by atoms with Gasteiger partial charge in [-0.3, -0.25) is 4.79 Å². The fraction of sp³-hybridized carbons (Fsp3) is 0.438. The van der Waals surface area contributed by atoms with Crippen molar-refractivity contribution < 1.29 is 13.6 Å². The van der Waals surface area contributed by atoms with Gasteiger partial charge >= 0.3 is 0 Å². The molecule has 1 aliphatic carbocycles. The van der Waals surface area contributed by atoms with E-state index in [1.54, 1.807) is 4.90 Å². The first-order valence-corrected chi connectivity index (χ1v) is 7.78. The van der Waals surface area contributed by atoms with Crippen molar-refractivity contribution in [3.05, 3.63) is 47.3 Å². The lowest BCUT2D eigenvalue weighted by atomic mass is 10.2. The normalized spacial score (nSPS) is 21.0. The second kappa shape index (κ2) is 5.40. The van der Waals surface area contributed by atoms with Gasteiger partial charge in [0.05, 0.1) is 11.7 Å². The predicted molar refractivity (Wildman–Crippen MR) is 77.9 cm³/mol. The number of aromatic nitrogens is 3. The largest absolute Gasteiger partial charge is 0.336 e. The molecule has 2 fully saturated rings. The Labute approximate surface area is 131 Å². The van der Waals surface area contributed by atoms with Crippen molar-refractivity contribution in [1.29, 1.82) is 0 Å². The van der Waals surface area contributed by atoms with E-state index in [2.05, 4.69) is 10.3 Å². The molecule has 1 saturated carbocycles. The molecule has 5 nitrogen and oxygen atoms in total. The van der Waals surface area contributed by atoms with E-state index < -0.39 is 11.6 Å². The van der Waals surface area contributed by atoms with Crippen LogP contribution in [0.25, 0.3) is 0 Å². The topological polar surface area (TPSA) is 51.0 Å². The van der Waals surface area contributed by atoms with E-state index in [1.807, 2.05) is 10.9 Å². The van der Waals surface area contributed by atoms with Crippen molar-refractivity contribution in [2.75, 3.05) is 13.1 Å². The van der Waals surface area contributed by atoms with Crippen molar-refractivity contribution >= 4 is 5.91 Å². The molecule has 7 heteroatoms. The Morgan fingerprint density at radius 2 is 2.00 bits per heavy atom. The Bertz CT molecular complexity index is 756. The number of carbonyl (C=O) groups is 1. The maximum Gasteiger partial charge on any atom is 0.254 e. The molecule has 1 unspecified atom stereocenters. The Morgan fingerprint density at radius 1 is 1.17 bits per heavy atom. The van der Waals surface area contributed by atoms with Crippen LogP contribution < -0.4 is 0 Å². The highest BCUT2D eigenvalue weighted by atomic mass is 19.2. The Balaban J connectivity index is 1.46. The van der Waals surface area contributed by atoms with Crippen LogP contribution in [-0.4, -0.2) is 38.9 Å². The Kier molecular flexibility index (Phi) is 3.36. The molecular weight excluding hydrogens is 302 g/mol. The van der Waals surface area contributed by atoms with Gasteiger partial charge in [0.1, 0.15) is 0 Å². The van der Waals surface area contributed by atoms with Gasteiger partial charge < -0.3 is 4.90 Å². The highest BCUT2D eigenvalue weighted by Gasteiger charge is 2.31. The molecule has 1 atom stereocenters. The molecule has 0 spiro atoms. The van der Waals surface area contributed by atoms with E-state index in [0.29, 0.717) is 19.0 Å². The standard InChI is InChI=1S/C16H16F2N4O/c17-13-4-3-11(7-14(13)18)16(23)21-6-5-12(8-21)22-9-15(19-20-22)10-1-2-10/h3-4,7,9-10,12H,1-2,5-6,8H2. The van der Waals surface area contributed by atoms with Crippen LogP contribution in [0.3, 0.4) is 0 Å². The van der Waals surface area contributed by atoms with Crippen LogP contribution in [-0.2, 0) is 0 Å². The smallest absolute Gasteiger partial charge is 0.254 e. The zero-order valence-electron chi connectivity index (χ0n) is 12.5. The van der Waals surface area contributed by atoms with E-state index in [-0.39, 0.29) is 17.5 Å². The Morgan fingerprint density at radius 3 is 2.74 bits per heavy atom. The molecule has 0 radical (unpaired) electrons. The van der Waals surface area contributed by atoms with E-state index in [9.17, 15) is 13.6 Å². The molecule has 1 aromatic heterocycles. The summed E-state index contributed by atoms with van der Waals surface area (Å²) < 4.78 is 28.1. The molecule has 23 heavy (non-hydrogen) atoms. The zero-order chi connectivity index (χ0) is 16.0. The lowest BCUT2D eigenvalue weighted by Gasteiger charge is -2.16. The van der Waals surface area contributed by atoms with E-state index in [4.69, 9.17) is 0 Å². The summed E-state index contributed by atoms with van der Waals surface area (Å²) in [5.41, 5.74) is 1.19. The van der Waals surface area contributed by atoms with Crippen molar-refractivity contribution in [3.8, 4) is 0 Å². The lowest BCUT2D eigenvalue weighted by Crippen LogP contribution is -2.29.